The molecule has 0 saturated heterocycles. The Balaban J connectivity index is 2.76. The van der Waals surface area contributed by atoms with Crippen LogP contribution in [0.25, 0.3) is 0 Å². The van der Waals surface area contributed by atoms with Crippen molar-refractivity contribution in [2.75, 3.05) is 5.32 Å². The monoisotopic (exact) mass is 339 g/mol. The summed E-state index contributed by atoms with van der Waals surface area (Å²) in [5, 5.41) is 24.4. The standard InChI is InChI=1S/C12H9N3O7S/c16-14(17)9-6-10(15(18)19)12(11(7-9)23(20,21)22)13-8-4-2-1-3-5-8/h1-7,13H,(H,20,21,22). The number of hydrogen-bond acceptors (Lipinski definition) is 7. The molecule has 2 rings (SSSR count). The van der Waals surface area contributed by atoms with E-state index in [1.165, 1.54) is 12.1 Å². The number of benzene rings is 2. The predicted octanol–water partition coefficient (Wildman–Crippen LogP) is 2.49. The normalized spacial score (nSPS) is 11.0. The molecule has 0 spiro atoms. The molecule has 0 bridgehead atoms. The molecule has 0 aliphatic heterocycles. The molecule has 11 heteroatoms. The van der Waals surface area contributed by atoms with E-state index in [4.69, 9.17) is 0 Å². The van der Waals surface area contributed by atoms with Gasteiger partial charge in [-0.05, 0) is 12.1 Å². The summed E-state index contributed by atoms with van der Waals surface area (Å²) < 4.78 is 32.2. The molecule has 0 aliphatic carbocycles. The number of nitrogens with zero attached hydrogens (tertiary/aromatic N) is 2. The molecule has 23 heavy (non-hydrogen) atoms. The zero-order chi connectivity index (χ0) is 17.2. The molecule has 0 radical (unpaired) electrons. The van der Waals surface area contributed by atoms with Crippen molar-refractivity contribution in [2.24, 2.45) is 0 Å². The Bertz CT molecular complexity index is 881. The van der Waals surface area contributed by atoms with Crippen LogP contribution in [0.2, 0.25) is 0 Å². The van der Waals surface area contributed by atoms with Gasteiger partial charge < -0.3 is 5.32 Å². The van der Waals surface area contributed by atoms with Crippen molar-refractivity contribution in [1.82, 2.24) is 0 Å². The van der Waals surface area contributed by atoms with Crippen LogP contribution < -0.4 is 5.32 Å². The van der Waals surface area contributed by atoms with Gasteiger partial charge in [0.15, 0.2) is 0 Å². The van der Waals surface area contributed by atoms with Crippen LogP contribution in [0.5, 0.6) is 0 Å². The predicted molar refractivity (Wildman–Crippen MR) is 79.3 cm³/mol. The number of para-hydroxylation sites is 1. The van der Waals surface area contributed by atoms with E-state index in [-0.39, 0.29) is 0 Å². The number of anilines is 2. The van der Waals surface area contributed by atoms with Crippen molar-refractivity contribution in [3.8, 4) is 0 Å². The molecule has 0 aliphatic rings. The van der Waals surface area contributed by atoms with Gasteiger partial charge >= 0.3 is 5.69 Å². The van der Waals surface area contributed by atoms with Crippen molar-refractivity contribution in [1.29, 1.82) is 0 Å². The Kier molecular flexibility index (Phi) is 4.24. The summed E-state index contributed by atoms with van der Waals surface area (Å²) in [6.45, 7) is 0. The van der Waals surface area contributed by atoms with Gasteiger partial charge in [0, 0.05) is 11.8 Å². The third-order valence-electron chi connectivity index (χ3n) is 2.79. The second kappa shape index (κ2) is 5.98. The summed E-state index contributed by atoms with van der Waals surface area (Å²) in [5.74, 6) is 0. The maximum absolute atomic E-state index is 11.5. The number of rotatable bonds is 5. The van der Waals surface area contributed by atoms with Gasteiger partial charge in [-0.2, -0.15) is 8.42 Å². The summed E-state index contributed by atoms with van der Waals surface area (Å²) in [5.41, 5.74) is -1.94. The molecular weight excluding hydrogens is 330 g/mol. The topological polar surface area (TPSA) is 153 Å². The molecule has 0 fully saturated rings. The third-order valence-corrected chi connectivity index (χ3v) is 3.67. The summed E-state index contributed by atoms with van der Waals surface area (Å²) in [4.78, 5) is 19.0. The largest absolute Gasteiger partial charge is 0.349 e. The molecule has 0 amide bonds. The third kappa shape index (κ3) is 3.59. The zero-order valence-electron chi connectivity index (χ0n) is 11.2. The zero-order valence-corrected chi connectivity index (χ0v) is 12.1. The molecule has 0 heterocycles. The molecule has 0 unspecified atom stereocenters. The minimum Gasteiger partial charge on any atom is -0.349 e. The Hall–Kier alpha value is -3.05. The van der Waals surface area contributed by atoms with Crippen molar-refractivity contribution in [3.05, 3.63) is 62.7 Å². The summed E-state index contributed by atoms with van der Waals surface area (Å²) >= 11 is 0. The lowest BCUT2D eigenvalue weighted by molar-refractivity contribution is -0.393. The molecule has 2 aromatic rings. The molecule has 2 N–H and O–H groups in total. The summed E-state index contributed by atoms with van der Waals surface area (Å²) in [6, 6.07) is 9.00. The van der Waals surface area contributed by atoms with E-state index in [1.54, 1.807) is 18.2 Å². The van der Waals surface area contributed by atoms with Crippen LogP contribution in [0.15, 0.2) is 47.4 Å². The van der Waals surface area contributed by atoms with E-state index < -0.39 is 41.9 Å². The van der Waals surface area contributed by atoms with Crippen LogP contribution in [-0.4, -0.2) is 22.8 Å². The first-order chi connectivity index (χ1) is 10.7. The van der Waals surface area contributed by atoms with Crippen LogP contribution in [0.1, 0.15) is 0 Å². The van der Waals surface area contributed by atoms with E-state index in [1.807, 2.05) is 0 Å². The highest BCUT2D eigenvalue weighted by atomic mass is 32.2. The van der Waals surface area contributed by atoms with Crippen LogP contribution in [0.3, 0.4) is 0 Å². The number of nitro groups is 2. The quantitative estimate of drug-likeness (QED) is 0.478. The Morgan fingerprint density at radius 1 is 1.00 bits per heavy atom. The summed E-state index contributed by atoms with van der Waals surface area (Å²) in [7, 11) is -4.94. The van der Waals surface area contributed by atoms with E-state index in [0.717, 1.165) is 0 Å². The van der Waals surface area contributed by atoms with Crippen LogP contribution in [0, 0.1) is 20.2 Å². The smallest absolute Gasteiger partial charge is 0.300 e. The fraction of sp³-hybridized carbons (Fsp3) is 0. The molecule has 0 saturated carbocycles. The van der Waals surface area contributed by atoms with Gasteiger partial charge in [-0.3, -0.25) is 24.8 Å². The first kappa shape index (κ1) is 16.3. The van der Waals surface area contributed by atoms with Crippen molar-refractivity contribution < 1.29 is 22.8 Å². The number of nitro benzene ring substituents is 2. The van der Waals surface area contributed by atoms with E-state index >= 15 is 0 Å². The molecule has 120 valence electrons. The van der Waals surface area contributed by atoms with Gasteiger partial charge in [-0.15, -0.1) is 0 Å². The van der Waals surface area contributed by atoms with Crippen LogP contribution in [0.4, 0.5) is 22.7 Å². The highest BCUT2D eigenvalue weighted by molar-refractivity contribution is 7.86. The Morgan fingerprint density at radius 2 is 1.61 bits per heavy atom. The van der Waals surface area contributed by atoms with Crippen molar-refractivity contribution >= 4 is 32.9 Å². The molecule has 0 atom stereocenters. The van der Waals surface area contributed by atoms with Gasteiger partial charge in [-0.25, -0.2) is 0 Å². The first-order valence-electron chi connectivity index (χ1n) is 5.96. The van der Waals surface area contributed by atoms with Gasteiger partial charge in [0.2, 0.25) is 0 Å². The van der Waals surface area contributed by atoms with Gasteiger partial charge in [0.05, 0.1) is 15.9 Å². The Labute approximate surface area is 129 Å². The highest BCUT2D eigenvalue weighted by Gasteiger charge is 2.30. The maximum atomic E-state index is 11.5. The van der Waals surface area contributed by atoms with E-state index in [0.29, 0.717) is 17.8 Å². The second-order valence-electron chi connectivity index (χ2n) is 4.32. The van der Waals surface area contributed by atoms with E-state index in [2.05, 4.69) is 5.32 Å². The lowest BCUT2D eigenvalue weighted by Gasteiger charge is -2.10. The van der Waals surface area contributed by atoms with Gasteiger partial charge in [0.25, 0.3) is 15.8 Å². The van der Waals surface area contributed by atoms with Crippen LogP contribution >= 0.6 is 0 Å². The highest BCUT2D eigenvalue weighted by Crippen LogP contribution is 2.37. The first-order valence-corrected chi connectivity index (χ1v) is 7.40. The van der Waals surface area contributed by atoms with Gasteiger partial charge in [0.1, 0.15) is 10.6 Å². The van der Waals surface area contributed by atoms with Crippen LogP contribution in [-0.2, 0) is 10.1 Å². The lowest BCUT2D eigenvalue weighted by Crippen LogP contribution is -2.07. The number of non-ortho nitro benzene ring substituents is 1. The van der Waals surface area contributed by atoms with Crippen molar-refractivity contribution in [3.63, 3.8) is 0 Å². The molecule has 2 aromatic carbocycles. The molecule has 0 aromatic heterocycles. The average Bonchev–Trinajstić information content (AvgIpc) is 2.46. The number of hydrogen-bond donors (Lipinski definition) is 2. The van der Waals surface area contributed by atoms with E-state index in [9.17, 15) is 33.2 Å². The van der Waals surface area contributed by atoms with Gasteiger partial charge in [-0.1, -0.05) is 18.2 Å². The fourth-order valence-electron chi connectivity index (χ4n) is 1.83. The number of nitrogens with one attached hydrogen (secondary N) is 1. The lowest BCUT2D eigenvalue weighted by atomic mass is 10.2. The SMILES string of the molecule is O=[N+]([O-])c1cc([N+](=O)[O-])c(Nc2ccccc2)c(S(=O)(=O)O)c1. The van der Waals surface area contributed by atoms with Crippen molar-refractivity contribution in [2.45, 2.75) is 4.90 Å². The molecular formula is C12H9N3O7S. The minimum atomic E-state index is -4.94. The fourth-order valence-corrected chi connectivity index (χ4v) is 2.51. The summed E-state index contributed by atoms with van der Waals surface area (Å²) in [6.07, 6.45) is 0. The minimum absolute atomic E-state index is 0.300. The maximum Gasteiger partial charge on any atom is 0.300 e. The average molecular weight is 339 g/mol. The molecule has 10 nitrogen and oxygen atoms in total. The Morgan fingerprint density at radius 3 is 2.09 bits per heavy atom. The second-order valence-corrected chi connectivity index (χ2v) is 5.71.